The molecule has 0 bridgehead atoms. The van der Waals surface area contributed by atoms with Crippen LogP contribution in [-0.4, -0.2) is 61.8 Å². The van der Waals surface area contributed by atoms with Crippen LogP contribution in [0.3, 0.4) is 0 Å². The number of methoxy groups -OCH3 is 1. The third kappa shape index (κ3) is 15.2. The van der Waals surface area contributed by atoms with Crippen LogP contribution < -0.4 is 10.5 Å². The predicted molar refractivity (Wildman–Crippen MR) is 233 cm³/mol. The van der Waals surface area contributed by atoms with Gasteiger partial charge in [0.2, 0.25) is 0 Å². The molecule has 1 saturated carbocycles. The Labute approximate surface area is 349 Å². The molecule has 1 aliphatic rings. The van der Waals surface area contributed by atoms with Crippen molar-refractivity contribution in [1.82, 2.24) is 4.90 Å². The van der Waals surface area contributed by atoms with Crippen LogP contribution in [-0.2, 0) is 30.3 Å². The lowest BCUT2D eigenvalue weighted by Crippen LogP contribution is -2.36. The molecule has 4 rings (SSSR count). The number of fused-ring (bicyclic) bond motifs is 1. The van der Waals surface area contributed by atoms with Gasteiger partial charge in [0.15, 0.2) is 6.10 Å². The summed E-state index contributed by atoms with van der Waals surface area (Å²) in [5.74, 6) is -1.26. The molecule has 1 fully saturated rings. The first kappa shape index (κ1) is 46.1. The molecule has 9 nitrogen and oxygen atoms in total. The molecule has 0 saturated heterocycles. The summed E-state index contributed by atoms with van der Waals surface area (Å²) >= 11 is 3.55. The lowest BCUT2D eigenvalue weighted by atomic mass is 9.93. The minimum atomic E-state index is -0.965. The molecule has 2 unspecified atom stereocenters. The highest BCUT2D eigenvalue weighted by Gasteiger charge is 2.25. The number of rotatable bonds is 25. The topological polar surface area (TPSA) is 117 Å². The number of carbonyl (C=O) groups excluding carboxylic acids is 3. The number of hydrogen-bond acceptors (Lipinski definition) is 9. The Hall–Kier alpha value is -3.63. The van der Waals surface area contributed by atoms with Gasteiger partial charge in [0.05, 0.1) is 24.3 Å². The van der Waals surface area contributed by atoms with E-state index in [4.69, 9.17) is 24.7 Å². The molecule has 10 heteroatoms. The fourth-order valence-corrected chi connectivity index (χ4v) is 8.21. The molecular weight excluding hydrogens is 784 g/mol. The Morgan fingerprint density at radius 2 is 1.44 bits per heavy atom. The Morgan fingerprint density at radius 1 is 0.807 bits per heavy atom. The van der Waals surface area contributed by atoms with Crippen molar-refractivity contribution in [2.45, 2.75) is 155 Å². The summed E-state index contributed by atoms with van der Waals surface area (Å²) in [6.45, 7) is 7.19. The third-order valence-corrected chi connectivity index (χ3v) is 12.0. The van der Waals surface area contributed by atoms with Crippen molar-refractivity contribution in [2.24, 2.45) is 0 Å². The number of hydrogen-bond donors (Lipinski definition) is 1. The molecule has 0 aromatic heterocycles. The van der Waals surface area contributed by atoms with Crippen LogP contribution in [0.1, 0.15) is 157 Å². The van der Waals surface area contributed by atoms with E-state index in [9.17, 15) is 14.4 Å². The van der Waals surface area contributed by atoms with E-state index in [0.29, 0.717) is 34.7 Å². The van der Waals surface area contributed by atoms with Crippen LogP contribution in [0.5, 0.6) is 5.75 Å². The van der Waals surface area contributed by atoms with Gasteiger partial charge in [0, 0.05) is 23.5 Å². The van der Waals surface area contributed by atoms with Crippen molar-refractivity contribution in [1.29, 1.82) is 0 Å². The fourth-order valence-electron chi connectivity index (χ4n) is 7.71. The van der Waals surface area contributed by atoms with Gasteiger partial charge in [-0.1, -0.05) is 122 Å². The molecule has 0 spiro atoms. The van der Waals surface area contributed by atoms with E-state index in [1.165, 1.54) is 70.6 Å². The first-order valence-electron chi connectivity index (χ1n) is 21.6. The molecule has 314 valence electrons. The molecule has 57 heavy (non-hydrogen) atoms. The SMILES string of the molecule is CCCCCCCCCCCCCC(=O)OC(COC(=O)c1cc(Br)c(N)c(CN(CC)C2CCCCC2)c1)COC(=O)C(C)c1ccc2cc(OC)ccc2c1. The summed E-state index contributed by atoms with van der Waals surface area (Å²) in [5.41, 5.74) is 9.09. The number of nitrogens with zero attached hydrogens (tertiary/aromatic N) is 1. The van der Waals surface area contributed by atoms with E-state index >= 15 is 0 Å². The van der Waals surface area contributed by atoms with Gasteiger partial charge in [-0.25, -0.2) is 4.79 Å². The maximum atomic E-state index is 13.5. The van der Waals surface area contributed by atoms with Crippen molar-refractivity contribution in [2.75, 3.05) is 32.6 Å². The number of unbranched alkanes of at least 4 members (excludes halogenated alkanes) is 10. The average molecular weight is 852 g/mol. The summed E-state index contributed by atoms with van der Waals surface area (Å²) in [4.78, 5) is 42.3. The zero-order valence-corrected chi connectivity index (χ0v) is 36.5. The maximum absolute atomic E-state index is 13.5. The van der Waals surface area contributed by atoms with E-state index < -0.39 is 29.9 Å². The average Bonchev–Trinajstić information content (AvgIpc) is 3.23. The minimum absolute atomic E-state index is 0.241. The predicted octanol–water partition coefficient (Wildman–Crippen LogP) is 11.5. The molecule has 0 heterocycles. The van der Waals surface area contributed by atoms with Gasteiger partial charge in [0.1, 0.15) is 19.0 Å². The first-order chi connectivity index (χ1) is 27.6. The largest absolute Gasteiger partial charge is 0.497 e. The van der Waals surface area contributed by atoms with E-state index in [0.717, 1.165) is 59.9 Å². The second-order valence-corrected chi connectivity index (χ2v) is 16.6. The molecule has 0 aliphatic heterocycles. The third-order valence-electron chi connectivity index (χ3n) is 11.3. The van der Waals surface area contributed by atoms with E-state index in [1.807, 2.05) is 36.4 Å². The summed E-state index contributed by atoms with van der Waals surface area (Å²) < 4.78 is 23.2. The molecule has 1 aliphatic carbocycles. The Morgan fingerprint density at radius 3 is 2.11 bits per heavy atom. The first-order valence-corrected chi connectivity index (χ1v) is 22.4. The molecule has 3 aromatic rings. The van der Waals surface area contributed by atoms with Crippen LogP contribution >= 0.6 is 15.9 Å². The summed E-state index contributed by atoms with van der Waals surface area (Å²) in [6.07, 6.45) is 18.3. The van der Waals surface area contributed by atoms with Gasteiger partial charge in [-0.15, -0.1) is 0 Å². The van der Waals surface area contributed by atoms with Crippen LogP contribution in [0.25, 0.3) is 10.8 Å². The number of ether oxygens (including phenoxy) is 4. The van der Waals surface area contributed by atoms with Gasteiger partial charge in [0.25, 0.3) is 0 Å². The zero-order valence-electron chi connectivity index (χ0n) is 35.0. The summed E-state index contributed by atoms with van der Waals surface area (Å²) in [5, 5.41) is 1.97. The second-order valence-electron chi connectivity index (χ2n) is 15.7. The smallest absolute Gasteiger partial charge is 0.338 e. The van der Waals surface area contributed by atoms with Gasteiger partial charge < -0.3 is 24.7 Å². The molecule has 2 atom stereocenters. The molecule has 3 aromatic carbocycles. The van der Waals surface area contributed by atoms with Crippen LogP contribution in [0.4, 0.5) is 5.69 Å². The van der Waals surface area contributed by atoms with Crippen molar-refractivity contribution >= 4 is 50.3 Å². The number of carbonyl (C=O) groups is 3. The van der Waals surface area contributed by atoms with E-state index in [2.05, 4.69) is 34.7 Å². The van der Waals surface area contributed by atoms with Gasteiger partial charge in [-0.3, -0.25) is 14.5 Å². The number of nitrogens with two attached hydrogens (primary N) is 1. The molecular formula is C47H67BrN2O7. The summed E-state index contributed by atoms with van der Waals surface area (Å²) in [7, 11) is 1.63. The Kier molecular flexibility index (Phi) is 20.2. The quantitative estimate of drug-likeness (QED) is 0.0385. The number of esters is 3. The monoisotopic (exact) mass is 850 g/mol. The highest BCUT2D eigenvalue weighted by Crippen LogP contribution is 2.30. The van der Waals surface area contributed by atoms with Crippen LogP contribution in [0, 0.1) is 0 Å². The Balaban J connectivity index is 1.36. The van der Waals surface area contributed by atoms with Crippen molar-refractivity contribution in [3.8, 4) is 5.75 Å². The standard InChI is InChI=1S/C47H67BrN2O7/c1-5-7-8-9-10-11-12-13-14-15-19-22-44(51)57-42(32-55-46(52)34(3)35-23-24-37-29-41(54-4)26-25-36(37)27-35)33-56-47(53)38-28-39(45(49)43(48)30-38)31-50(6-2)40-20-17-16-18-21-40/h23-30,34,40,42H,5-22,31-33,49H2,1-4H3. The maximum Gasteiger partial charge on any atom is 0.338 e. The Bertz CT molecular complexity index is 1710. The molecule has 0 radical (unpaired) electrons. The zero-order chi connectivity index (χ0) is 41.0. The lowest BCUT2D eigenvalue weighted by Gasteiger charge is -2.34. The number of benzene rings is 3. The highest BCUT2D eigenvalue weighted by atomic mass is 79.9. The lowest BCUT2D eigenvalue weighted by molar-refractivity contribution is -0.162. The van der Waals surface area contributed by atoms with Crippen molar-refractivity contribution < 1.29 is 33.3 Å². The fraction of sp³-hybridized carbons (Fsp3) is 0.596. The van der Waals surface area contributed by atoms with E-state index in [-0.39, 0.29) is 19.6 Å². The van der Waals surface area contributed by atoms with Gasteiger partial charge >= 0.3 is 17.9 Å². The van der Waals surface area contributed by atoms with Crippen LogP contribution in [0.2, 0.25) is 0 Å². The normalized spacial score (nSPS) is 14.4. The number of nitrogen functional groups attached to an aromatic ring is 1. The summed E-state index contributed by atoms with van der Waals surface area (Å²) in [6, 6.07) is 15.5. The van der Waals surface area contributed by atoms with E-state index in [1.54, 1.807) is 26.2 Å². The highest BCUT2D eigenvalue weighted by molar-refractivity contribution is 9.10. The van der Waals surface area contributed by atoms with Crippen LogP contribution in [0.15, 0.2) is 53.0 Å². The number of halogens is 1. The molecule has 0 amide bonds. The second kappa shape index (κ2) is 25.0. The van der Waals surface area contributed by atoms with Crippen molar-refractivity contribution in [3.05, 3.63) is 69.7 Å². The van der Waals surface area contributed by atoms with Gasteiger partial charge in [-0.05, 0) is 94.8 Å². The molecule has 2 N–H and O–H groups in total. The van der Waals surface area contributed by atoms with Crippen molar-refractivity contribution in [3.63, 3.8) is 0 Å². The minimum Gasteiger partial charge on any atom is -0.497 e. The van der Waals surface area contributed by atoms with Gasteiger partial charge in [-0.2, -0.15) is 0 Å². The number of anilines is 1.